The molecule has 2 aliphatic heterocycles. The third-order valence-electron chi connectivity index (χ3n) is 5.34. The Balaban J connectivity index is 1.40. The van der Waals surface area contributed by atoms with Crippen LogP contribution >= 0.6 is 0 Å². The summed E-state index contributed by atoms with van der Waals surface area (Å²) < 4.78 is 5.86. The lowest BCUT2D eigenvalue weighted by Crippen LogP contribution is -2.44. The summed E-state index contributed by atoms with van der Waals surface area (Å²) in [6, 6.07) is 18.2. The van der Waals surface area contributed by atoms with Crippen molar-refractivity contribution in [3.05, 3.63) is 60.2 Å². The van der Waals surface area contributed by atoms with Gasteiger partial charge in [0.1, 0.15) is 6.10 Å². The molecule has 2 saturated heterocycles. The lowest BCUT2D eigenvalue weighted by molar-refractivity contribution is -0.0135. The highest BCUT2D eigenvalue weighted by atomic mass is 16.5. The highest BCUT2D eigenvalue weighted by molar-refractivity contribution is 5.90. The summed E-state index contributed by atoms with van der Waals surface area (Å²) in [6.07, 6.45) is 3.73. The van der Waals surface area contributed by atoms with Gasteiger partial charge < -0.3 is 19.9 Å². The van der Waals surface area contributed by atoms with E-state index in [0.29, 0.717) is 19.7 Å². The number of piperidine rings is 1. The van der Waals surface area contributed by atoms with Gasteiger partial charge in [-0.2, -0.15) is 0 Å². The van der Waals surface area contributed by atoms with Gasteiger partial charge in [0.05, 0.1) is 13.2 Å². The Morgan fingerprint density at radius 2 is 1.78 bits per heavy atom. The van der Waals surface area contributed by atoms with E-state index in [0.717, 1.165) is 24.3 Å². The fourth-order valence-electron chi connectivity index (χ4n) is 3.84. The predicted molar refractivity (Wildman–Crippen MR) is 108 cm³/mol. The predicted octanol–water partition coefficient (Wildman–Crippen LogP) is 4.28. The molecule has 27 heavy (non-hydrogen) atoms. The maximum atomic E-state index is 12.8. The SMILES string of the molecule is O=C(Nc1cccc(N2CCCCC2)c1)N1CCOC(c2ccccc2)C1. The zero-order valence-electron chi connectivity index (χ0n) is 15.6. The van der Waals surface area contributed by atoms with Crippen LogP contribution < -0.4 is 10.2 Å². The molecule has 1 unspecified atom stereocenters. The van der Waals surface area contributed by atoms with E-state index in [2.05, 4.69) is 22.3 Å². The Kier molecular flexibility index (Phi) is 5.58. The van der Waals surface area contributed by atoms with Gasteiger partial charge in [0.25, 0.3) is 0 Å². The number of morpholine rings is 1. The number of ether oxygens (including phenoxy) is 1. The van der Waals surface area contributed by atoms with Crippen LogP contribution in [0.15, 0.2) is 54.6 Å². The largest absolute Gasteiger partial charge is 0.371 e. The number of urea groups is 1. The van der Waals surface area contributed by atoms with Crippen molar-refractivity contribution < 1.29 is 9.53 Å². The van der Waals surface area contributed by atoms with Gasteiger partial charge in [0.15, 0.2) is 0 Å². The number of hydrogen-bond acceptors (Lipinski definition) is 3. The third-order valence-corrected chi connectivity index (χ3v) is 5.34. The summed E-state index contributed by atoms with van der Waals surface area (Å²) in [5.74, 6) is 0. The highest BCUT2D eigenvalue weighted by Crippen LogP contribution is 2.25. The first-order chi connectivity index (χ1) is 13.3. The van der Waals surface area contributed by atoms with E-state index < -0.39 is 0 Å². The molecular formula is C22H27N3O2. The molecule has 2 aliphatic rings. The van der Waals surface area contributed by atoms with Gasteiger partial charge in [0, 0.05) is 31.0 Å². The lowest BCUT2D eigenvalue weighted by Gasteiger charge is -2.33. The van der Waals surface area contributed by atoms with Crippen molar-refractivity contribution in [3.8, 4) is 0 Å². The van der Waals surface area contributed by atoms with Crippen molar-refractivity contribution >= 4 is 17.4 Å². The van der Waals surface area contributed by atoms with Gasteiger partial charge in [-0.15, -0.1) is 0 Å². The van der Waals surface area contributed by atoms with E-state index in [1.165, 1.54) is 24.9 Å². The van der Waals surface area contributed by atoms with Gasteiger partial charge in [-0.3, -0.25) is 0 Å². The maximum absolute atomic E-state index is 12.8. The van der Waals surface area contributed by atoms with Crippen molar-refractivity contribution in [1.82, 2.24) is 4.90 Å². The van der Waals surface area contributed by atoms with Gasteiger partial charge in [-0.25, -0.2) is 4.79 Å². The fraction of sp³-hybridized carbons (Fsp3) is 0.409. The molecule has 1 atom stereocenters. The highest BCUT2D eigenvalue weighted by Gasteiger charge is 2.25. The molecule has 2 fully saturated rings. The second-order valence-corrected chi connectivity index (χ2v) is 7.24. The van der Waals surface area contributed by atoms with Crippen LogP contribution in [0.2, 0.25) is 0 Å². The molecule has 142 valence electrons. The average molecular weight is 365 g/mol. The van der Waals surface area contributed by atoms with Crippen LogP contribution in [-0.2, 0) is 4.74 Å². The van der Waals surface area contributed by atoms with Crippen LogP contribution in [0.3, 0.4) is 0 Å². The van der Waals surface area contributed by atoms with Crippen molar-refractivity contribution in [3.63, 3.8) is 0 Å². The molecule has 0 aliphatic carbocycles. The Bertz CT molecular complexity index is 759. The minimum absolute atomic E-state index is 0.0602. The van der Waals surface area contributed by atoms with Gasteiger partial charge in [0.2, 0.25) is 0 Å². The number of nitrogens with zero attached hydrogens (tertiary/aromatic N) is 2. The molecular weight excluding hydrogens is 338 g/mol. The van der Waals surface area contributed by atoms with Crippen LogP contribution in [0.1, 0.15) is 30.9 Å². The van der Waals surface area contributed by atoms with E-state index >= 15 is 0 Å². The Morgan fingerprint density at radius 1 is 0.963 bits per heavy atom. The smallest absolute Gasteiger partial charge is 0.322 e. The minimum atomic E-state index is -0.0645. The van der Waals surface area contributed by atoms with E-state index in [9.17, 15) is 4.79 Å². The second kappa shape index (κ2) is 8.44. The minimum Gasteiger partial charge on any atom is -0.371 e. The third kappa shape index (κ3) is 4.42. The Hall–Kier alpha value is -2.53. The number of anilines is 2. The monoisotopic (exact) mass is 365 g/mol. The molecule has 0 spiro atoms. The van der Waals surface area contributed by atoms with Crippen LogP contribution in [0.4, 0.5) is 16.2 Å². The lowest BCUT2D eigenvalue weighted by atomic mass is 10.1. The Labute approximate surface area is 160 Å². The summed E-state index contributed by atoms with van der Waals surface area (Å²) >= 11 is 0. The number of rotatable bonds is 3. The van der Waals surface area contributed by atoms with Crippen LogP contribution in [0.5, 0.6) is 0 Å². The normalized spacial score (nSPS) is 20.4. The molecule has 2 aromatic carbocycles. The molecule has 0 radical (unpaired) electrons. The van der Waals surface area contributed by atoms with Gasteiger partial charge >= 0.3 is 6.03 Å². The summed E-state index contributed by atoms with van der Waals surface area (Å²) in [4.78, 5) is 17.0. The van der Waals surface area contributed by atoms with E-state index in [4.69, 9.17) is 4.74 Å². The molecule has 2 heterocycles. The van der Waals surface area contributed by atoms with Crippen LogP contribution in [-0.4, -0.2) is 43.7 Å². The molecule has 0 saturated carbocycles. The molecule has 0 bridgehead atoms. The van der Waals surface area contributed by atoms with Crippen molar-refractivity contribution in [2.45, 2.75) is 25.4 Å². The number of nitrogens with one attached hydrogen (secondary N) is 1. The number of carbonyl (C=O) groups excluding carboxylic acids is 1. The molecule has 5 nitrogen and oxygen atoms in total. The first-order valence-corrected chi connectivity index (χ1v) is 9.87. The summed E-state index contributed by atoms with van der Waals surface area (Å²) in [7, 11) is 0. The number of hydrogen-bond donors (Lipinski definition) is 1. The molecule has 5 heteroatoms. The summed E-state index contributed by atoms with van der Waals surface area (Å²) in [5.41, 5.74) is 3.16. The zero-order chi connectivity index (χ0) is 18.5. The van der Waals surface area contributed by atoms with Gasteiger partial charge in [-0.05, 0) is 43.0 Å². The first-order valence-electron chi connectivity index (χ1n) is 9.87. The van der Waals surface area contributed by atoms with Crippen molar-refractivity contribution in [2.75, 3.05) is 43.0 Å². The number of benzene rings is 2. The van der Waals surface area contributed by atoms with Gasteiger partial charge in [-0.1, -0.05) is 36.4 Å². The second-order valence-electron chi connectivity index (χ2n) is 7.24. The molecule has 2 aromatic rings. The molecule has 2 amide bonds. The quantitative estimate of drug-likeness (QED) is 0.883. The van der Waals surface area contributed by atoms with E-state index in [1.807, 2.05) is 47.4 Å². The molecule has 0 aromatic heterocycles. The van der Waals surface area contributed by atoms with Crippen molar-refractivity contribution in [2.24, 2.45) is 0 Å². The first kappa shape index (κ1) is 17.9. The summed E-state index contributed by atoms with van der Waals surface area (Å²) in [5, 5.41) is 3.07. The topological polar surface area (TPSA) is 44.8 Å². The van der Waals surface area contributed by atoms with Crippen molar-refractivity contribution in [1.29, 1.82) is 0 Å². The van der Waals surface area contributed by atoms with E-state index in [-0.39, 0.29) is 12.1 Å². The maximum Gasteiger partial charge on any atom is 0.322 e. The zero-order valence-corrected chi connectivity index (χ0v) is 15.6. The fourth-order valence-corrected chi connectivity index (χ4v) is 3.84. The van der Waals surface area contributed by atoms with Crippen LogP contribution in [0.25, 0.3) is 0 Å². The van der Waals surface area contributed by atoms with Crippen LogP contribution in [0, 0.1) is 0 Å². The Morgan fingerprint density at radius 3 is 2.59 bits per heavy atom. The summed E-state index contributed by atoms with van der Waals surface area (Å²) in [6.45, 7) is 3.93. The number of carbonyl (C=O) groups is 1. The van der Waals surface area contributed by atoms with E-state index in [1.54, 1.807) is 0 Å². The standard InChI is InChI=1S/C22H27N3O2/c26-22(25-14-15-27-21(17-25)18-8-3-1-4-9-18)23-19-10-7-11-20(16-19)24-12-5-2-6-13-24/h1,3-4,7-11,16,21H,2,5-6,12-15,17H2,(H,23,26). The number of amides is 2. The average Bonchev–Trinajstić information content (AvgIpc) is 2.75. The molecule has 4 rings (SSSR count). The molecule has 1 N–H and O–H groups in total.